The van der Waals surface area contributed by atoms with Crippen LogP contribution in [0.25, 0.3) is 0 Å². The highest BCUT2D eigenvalue weighted by Crippen LogP contribution is 2.03. The molecule has 0 saturated carbocycles. The topological polar surface area (TPSA) is 26.3 Å². The van der Waals surface area contributed by atoms with Gasteiger partial charge in [-0.3, -0.25) is 4.79 Å². The van der Waals surface area contributed by atoms with Crippen LogP contribution in [0.15, 0.2) is 0 Å². The van der Waals surface area contributed by atoms with Gasteiger partial charge in [-0.25, -0.2) is 0 Å². The number of hydrogen-bond donors (Lipinski definition) is 0. The van der Waals surface area contributed by atoms with Gasteiger partial charge in [0.25, 0.3) is 0 Å². The summed E-state index contributed by atoms with van der Waals surface area (Å²) in [7, 11) is 0. The minimum Gasteiger partial charge on any atom is -0.381 e. The minimum absolute atomic E-state index is 0.172. The maximum absolute atomic E-state index is 11.2. The highest BCUT2D eigenvalue weighted by Gasteiger charge is 2.05. The Labute approximate surface area is 88.0 Å². The third kappa shape index (κ3) is 8.24. The summed E-state index contributed by atoms with van der Waals surface area (Å²) >= 11 is 0. The Morgan fingerprint density at radius 1 is 1.14 bits per heavy atom. The van der Waals surface area contributed by atoms with Crippen LogP contribution in [0.4, 0.5) is 0 Å². The normalized spacial score (nSPS) is 11.3. The summed E-state index contributed by atoms with van der Waals surface area (Å²) in [4.78, 5) is 11.2. The van der Waals surface area contributed by atoms with Crippen LogP contribution < -0.4 is 0 Å². The van der Waals surface area contributed by atoms with E-state index in [1.807, 2.05) is 13.8 Å². The van der Waals surface area contributed by atoms with E-state index in [2.05, 4.69) is 13.8 Å². The zero-order valence-corrected chi connectivity index (χ0v) is 10.0. The van der Waals surface area contributed by atoms with Gasteiger partial charge in [-0.2, -0.15) is 0 Å². The van der Waals surface area contributed by atoms with Crippen molar-refractivity contribution in [3.63, 3.8) is 0 Å². The van der Waals surface area contributed by atoms with E-state index in [1.54, 1.807) is 0 Å². The lowest BCUT2D eigenvalue weighted by Crippen LogP contribution is -2.08. The van der Waals surface area contributed by atoms with Gasteiger partial charge in [-0.05, 0) is 18.8 Å². The van der Waals surface area contributed by atoms with Gasteiger partial charge in [-0.1, -0.05) is 27.7 Å². The van der Waals surface area contributed by atoms with Crippen molar-refractivity contribution in [3.8, 4) is 0 Å². The molecule has 0 rings (SSSR count). The van der Waals surface area contributed by atoms with Gasteiger partial charge in [0, 0.05) is 25.6 Å². The van der Waals surface area contributed by atoms with Crippen molar-refractivity contribution in [2.75, 3.05) is 13.2 Å². The van der Waals surface area contributed by atoms with Crippen LogP contribution in [0.2, 0.25) is 0 Å². The molecule has 14 heavy (non-hydrogen) atoms. The first-order chi connectivity index (χ1) is 6.54. The molecule has 0 aromatic carbocycles. The van der Waals surface area contributed by atoms with Gasteiger partial charge >= 0.3 is 0 Å². The number of Topliss-reactive ketones (excluding diaryl/α,β-unsaturated/α-hetero) is 1. The molecule has 0 aromatic heterocycles. The fraction of sp³-hybridized carbons (Fsp3) is 0.917. The van der Waals surface area contributed by atoms with Gasteiger partial charge in [0.05, 0.1) is 0 Å². The molecule has 0 heterocycles. The second-order valence-electron chi connectivity index (χ2n) is 4.52. The van der Waals surface area contributed by atoms with E-state index >= 15 is 0 Å². The van der Waals surface area contributed by atoms with Gasteiger partial charge in [0.15, 0.2) is 0 Å². The molecule has 0 saturated heterocycles. The zero-order chi connectivity index (χ0) is 11.0. The van der Waals surface area contributed by atoms with E-state index in [0.29, 0.717) is 18.1 Å². The van der Waals surface area contributed by atoms with Gasteiger partial charge in [0.1, 0.15) is 5.78 Å². The first-order valence-electron chi connectivity index (χ1n) is 5.64. The van der Waals surface area contributed by atoms with E-state index in [4.69, 9.17) is 4.74 Å². The predicted molar refractivity (Wildman–Crippen MR) is 59.4 cm³/mol. The second-order valence-corrected chi connectivity index (χ2v) is 4.52. The molecular formula is C12H24O2. The Hall–Kier alpha value is -0.370. The lowest BCUT2D eigenvalue weighted by molar-refractivity contribution is -0.122. The molecular weight excluding hydrogens is 176 g/mol. The fourth-order valence-corrected chi connectivity index (χ4v) is 1.06. The molecule has 0 fully saturated rings. The van der Waals surface area contributed by atoms with Crippen LogP contribution in [0.1, 0.15) is 47.0 Å². The van der Waals surface area contributed by atoms with Crippen molar-refractivity contribution in [2.45, 2.75) is 47.0 Å². The molecule has 84 valence electrons. The third-order valence-electron chi connectivity index (χ3n) is 2.20. The molecule has 0 bridgehead atoms. The molecule has 0 amide bonds. The minimum atomic E-state index is 0.172. The summed E-state index contributed by atoms with van der Waals surface area (Å²) < 4.78 is 5.42. The van der Waals surface area contributed by atoms with Crippen molar-refractivity contribution >= 4 is 5.78 Å². The lowest BCUT2D eigenvalue weighted by atomic mass is 10.1. The van der Waals surface area contributed by atoms with Crippen LogP contribution in [0.3, 0.4) is 0 Å². The predicted octanol–water partition coefficient (Wildman–Crippen LogP) is 3.05. The summed E-state index contributed by atoms with van der Waals surface area (Å²) in [5.41, 5.74) is 0. The van der Waals surface area contributed by atoms with Crippen LogP contribution in [0.5, 0.6) is 0 Å². The van der Waals surface area contributed by atoms with Gasteiger partial charge < -0.3 is 4.74 Å². The SMILES string of the molecule is CC(C)CCOCCCC(=O)C(C)C. The molecule has 0 aromatic rings. The lowest BCUT2D eigenvalue weighted by Gasteiger charge is -2.06. The number of rotatable bonds is 8. The first-order valence-corrected chi connectivity index (χ1v) is 5.64. The second kappa shape index (κ2) is 7.98. The van der Waals surface area contributed by atoms with Crippen LogP contribution in [-0.2, 0) is 9.53 Å². The standard InChI is InChI=1S/C12H24O2/c1-10(2)7-9-14-8-5-6-12(13)11(3)4/h10-11H,5-9H2,1-4H3. The molecule has 0 N–H and O–H groups in total. The molecule has 0 radical (unpaired) electrons. The van der Waals surface area contributed by atoms with Crippen molar-refractivity contribution in [1.29, 1.82) is 0 Å². The fourth-order valence-electron chi connectivity index (χ4n) is 1.06. The number of ether oxygens (including phenoxy) is 1. The quantitative estimate of drug-likeness (QED) is 0.563. The Morgan fingerprint density at radius 2 is 1.79 bits per heavy atom. The van der Waals surface area contributed by atoms with E-state index < -0.39 is 0 Å². The first kappa shape index (κ1) is 13.6. The van der Waals surface area contributed by atoms with Gasteiger partial charge in [0.2, 0.25) is 0 Å². The Bertz CT molecular complexity index is 150. The average Bonchev–Trinajstić information content (AvgIpc) is 2.09. The van der Waals surface area contributed by atoms with Crippen molar-refractivity contribution < 1.29 is 9.53 Å². The van der Waals surface area contributed by atoms with Crippen molar-refractivity contribution in [1.82, 2.24) is 0 Å². The van der Waals surface area contributed by atoms with E-state index in [0.717, 1.165) is 26.1 Å². The van der Waals surface area contributed by atoms with Crippen LogP contribution >= 0.6 is 0 Å². The van der Waals surface area contributed by atoms with E-state index in [1.165, 1.54) is 0 Å². The molecule has 2 nitrogen and oxygen atoms in total. The summed E-state index contributed by atoms with van der Waals surface area (Å²) in [5, 5.41) is 0. The summed E-state index contributed by atoms with van der Waals surface area (Å²) in [5.74, 6) is 1.22. The molecule has 0 aliphatic rings. The number of carbonyl (C=O) groups is 1. The molecule has 0 unspecified atom stereocenters. The zero-order valence-electron chi connectivity index (χ0n) is 10.0. The Balaban J connectivity index is 3.18. The highest BCUT2D eigenvalue weighted by atomic mass is 16.5. The molecule has 0 aliphatic heterocycles. The monoisotopic (exact) mass is 200 g/mol. The smallest absolute Gasteiger partial charge is 0.135 e. The van der Waals surface area contributed by atoms with Crippen LogP contribution in [0, 0.1) is 11.8 Å². The van der Waals surface area contributed by atoms with Crippen molar-refractivity contribution in [3.05, 3.63) is 0 Å². The van der Waals surface area contributed by atoms with E-state index in [9.17, 15) is 4.79 Å². The number of hydrogen-bond acceptors (Lipinski definition) is 2. The summed E-state index contributed by atoms with van der Waals surface area (Å²) in [6, 6.07) is 0. The number of ketones is 1. The average molecular weight is 200 g/mol. The maximum Gasteiger partial charge on any atom is 0.135 e. The van der Waals surface area contributed by atoms with Crippen molar-refractivity contribution in [2.24, 2.45) is 11.8 Å². The van der Waals surface area contributed by atoms with E-state index in [-0.39, 0.29) is 5.92 Å². The summed E-state index contributed by atoms with van der Waals surface area (Å²) in [6.07, 6.45) is 2.65. The molecule has 0 aliphatic carbocycles. The summed E-state index contributed by atoms with van der Waals surface area (Å²) in [6.45, 7) is 9.82. The third-order valence-corrected chi connectivity index (χ3v) is 2.20. The largest absolute Gasteiger partial charge is 0.381 e. The Kier molecular flexibility index (Phi) is 7.77. The molecule has 0 spiro atoms. The molecule has 0 atom stereocenters. The van der Waals surface area contributed by atoms with Gasteiger partial charge in [-0.15, -0.1) is 0 Å². The number of carbonyl (C=O) groups excluding carboxylic acids is 1. The Morgan fingerprint density at radius 3 is 2.29 bits per heavy atom. The highest BCUT2D eigenvalue weighted by molar-refractivity contribution is 5.80. The van der Waals surface area contributed by atoms with Crippen LogP contribution in [-0.4, -0.2) is 19.0 Å². The molecule has 2 heteroatoms. The maximum atomic E-state index is 11.2.